The summed E-state index contributed by atoms with van der Waals surface area (Å²) < 4.78 is 16.4. The van der Waals surface area contributed by atoms with Gasteiger partial charge in [0, 0.05) is 28.4 Å². The maximum atomic E-state index is 14.1. The summed E-state index contributed by atoms with van der Waals surface area (Å²) in [5.41, 5.74) is 0.659. The number of hydrogen-bond acceptors (Lipinski definition) is 7. The van der Waals surface area contributed by atoms with Gasteiger partial charge in [-0.05, 0) is 42.5 Å². The molecule has 1 spiro atoms. The number of carbonyl (C=O) groups excluding carboxylic acids is 2. The third kappa shape index (κ3) is 3.58. The molecule has 2 atom stereocenters. The summed E-state index contributed by atoms with van der Waals surface area (Å²) in [6.07, 6.45) is 1.64. The molecular weight excluding hydrogens is 460 g/mol. The Morgan fingerprint density at radius 1 is 1.08 bits per heavy atom. The van der Waals surface area contributed by atoms with E-state index in [4.69, 9.17) is 19.0 Å². The molecule has 5 rings (SSSR count). The predicted molar refractivity (Wildman–Crippen MR) is 134 cm³/mol. The molecule has 0 unspecified atom stereocenters. The van der Waals surface area contributed by atoms with Crippen LogP contribution < -0.4 is 19.5 Å². The van der Waals surface area contributed by atoms with Crippen LogP contribution in [0.1, 0.15) is 21.5 Å². The molecule has 2 aliphatic rings. The molecule has 0 saturated heterocycles. The third-order valence-corrected chi connectivity index (χ3v) is 6.33. The van der Waals surface area contributed by atoms with E-state index >= 15 is 0 Å². The molecule has 0 saturated carbocycles. The fourth-order valence-corrected chi connectivity index (χ4v) is 4.61. The Bertz CT molecular complexity index is 1380. The van der Waals surface area contributed by atoms with E-state index in [0.717, 1.165) is 0 Å². The van der Waals surface area contributed by atoms with Gasteiger partial charge in [-0.2, -0.15) is 0 Å². The summed E-state index contributed by atoms with van der Waals surface area (Å²) in [5, 5.41) is 7.17. The molecule has 0 aliphatic carbocycles. The smallest absolute Gasteiger partial charge is 0.277 e. The van der Waals surface area contributed by atoms with Crippen molar-refractivity contribution >= 4 is 23.1 Å². The number of Topliss-reactive ketones (excluding diaryl/α,β-unsaturated/α-hetero) is 1. The highest BCUT2D eigenvalue weighted by molar-refractivity contribution is 6.25. The second kappa shape index (κ2) is 9.22. The van der Waals surface area contributed by atoms with Gasteiger partial charge in [-0.3, -0.25) is 9.59 Å². The molecule has 8 heteroatoms. The minimum absolute atomic E-state index is 0.290. The number of methoxy groups -OCH3 is 2. The Labute approximate surface area is 208 Å². The molecule has 0 fully saturated rings. The van der Waals surface area contributed by atoms with E-state index in [9.17, 15) is 9.59 Å². The Morgan fingerprint density at radius 3 is 2.56 bits per heavy atom. The maximum absolute atomic E-state index is 14.1. The zero-order valence-corrected chi connectivity index (χ0v) is 19.8. The molecule has 182 valence electrons. The fourth-order valence-electron chi connectivity index (χ4n) is 4.61. The number of nitrogens with zero attached hydrogens (tertiary/aromatic N) is 1. The number of rotatable bonds is 8. The van der Waals surface area contributed by atoms with E-state index < -0.39 is 17.4 Å². The van der Waals surface area contributed by atoms with E-state index in [1.807, 2.05) is 0 Å². The zero-order chi connectivity index (χ0) is 25.3. The highest BCUT2D eigenvalue weighted by atomic mass is 16.7. The van der Waals surface area contributed by atoms with Crippen molar-refractivity contribution in [1.82, 2.24) is 0 Å². The number of hydrogen-bond donors (Lipinski definition) is 1. The van der Waals surface area contributed by atoms with E-state index in [2.05, 4.69) is 17.1 Å². The molecule has 3 aromatic carbocycles. The van der Waals surface area contributed by atoms with Gasteiger partial charge in [0.2, 0.25) is 0 Å². The molecule has 1 N–H and O–H groups in total. The van der Waals surface area contributed by atoms with Crippen LogP contribution in [0.2, 0.25) is 0 Å². The van der Waals surface area contributed by atoms with Crippen LogP contribution in [0, 0.1) is 5.92 Å². The lowest BCUT2D eigenvalue weighted by atomic mass is 9.74. The van der Waals surface area contributed by atoms with Gasteiger partial charge in [0.1, 0.15) is 35.5 Å². The summed E-state index contributed by atoms with van der Waals surface area (Å²) in [7, 11) is 3.06. The summed E-state index contributed by atoms with van der Waals surface area (Å²) in [6, 6.07) is 19.0. The van der Waals surface area contributed by atoms with Crippen LogP contribution in [0.4, 0.5) is 5.69 Å². The highest BCUT2D eigenvalue weighted by Crippen LogP contribution is 2.50. The van der Waals surface area contributed by atoms with Gasteiger partial charge in [0.25, 0.3) is 11.5 Å². The lowest BCUT2D eigenvalue weighted by Gasteiger charge is -2.27. The van der Waals surface area contributed by atoms with Crippen molar-refractivity contribution in [3.63, 3.8) is 0 Å². The molecule has 0 radical (unpaired) electrons. The normalized spacial score (nSPS) is 19.7. The van der Waals surface area contributed by atoms with Crippen molar-refractivity contribution < 1.29 is 28.6 Å². The number of fused-ring (bicyclic) bond motifs is 2. The van der Waals surface area contributed by atoms with Crippen molar-refractivity contribution in [2.24, 2.45) is 11.1 Å². The van der Waals surface area contributed by atoms with E-state index in [1.54, 1.807) is 79.9 Å². The lowest BCUT2D eigenvalue weighted by molar-refractivity contribution is -0.140. The first kappa shape index (κ1) is 23.2. The molecule has 0 aromatic heterocycles. The number of ketones is 1. The first-order chi connectivity index (χ1) is 17.5. The van der Waals surface area contributed by atoms with Crippen LogP contribution in [-0.4, -0.2) is 38.2 Å². The van der Waals surface area contributed by atoms with Crippen molar-refractivity contribution in [2.75, 3.05) is 26.1 Å². The second-order valence-corrected chi connectivity index (χ2v) is 8.29. The van der Waals surface area contributed by atoms with Crippen molar-refractivity contribution in [1.29, 1.82) is 0 Å². The summed E-state index contributed by atoms with van der Waals surface area (Å²) >= 11 is 0. The number of para-hydroxylation sites is 1. The predicted octanol–water partition coefficient (Wildman–Crippen LogP) is 4.35. The number of ether oxygens (including phenoxy) is 3. The molecular formula is C28H24N2O6. The van der Waals surface area contributed by atoms with Crippen LogP contribution >= 0.6 is 0 Å². The summed E-state index contributed by atoms with van der Waals surface area (Å²) in [6.45, 7) is 3.99. The Kier molecular flexibility index (Phi) is 5.93. The van der Waals surface area contributed by atoms with Crippen LogP contribution in [0.3, 0.4) is 0 Å². The molecule has 1 amide bonds. The summed E-state index contributed by atoms with van der Waals surface area (Å²) in [5.74, 6) is -0.259. The van der Waals surface area contributed by atoms with E-state index in [1.165, 1.54) is 7.11 Å². The molecule has 3 aromatic rings. The minimum Gasteiger partial charge on any atom is -0.497 e. The van der Waals surface area contributed by atoms with Gasteiger partial charge in [-0.1, -0.05) is 36.0 Å². The molecule has 2 heterocycles. The number of amides is 1. The lowest BCUT2D eigenvalue weighted by Crippen LogP contribution is -2.46. The van der Waals surface area contributed by atoms with E-state index in [0.29, 0.717) is 51.9 Å². The standard InChI is InChI=1S/C28H24N2O6/c1-4-15-35-18-11-9-17(10-12-18)26(31)24-25(20-14-13-19(33-2)16-23(20)34-3)30-36-28(24)21-7-5-6-8-22(21)29-27(28)32/h4-14,16,24H,1,15H2,2-3H3,(H,29,32)/t24-,28+/m1/s1. The van der Waals surface area contributed by atoms with Gasteiger partial charge in [-0.25, -0.2) is 0 Å². The van der Waals surface area contributed by atoms with Crippen LogP contribution in [0.15, 0.2) is 84.5 Å². The Hall–Kier alpha value is -4.59. The van der Waals surface area contributed by atoms with Crippen LogP contribution in [-0.2, 0) is 15.2 Å². The van der Waals surface area contributed by atoms with Gasteiger partial charge in [0.05, 0.1) is 14.2 Å². The van der Waals surface area contributed by atoms with Crippen molar-refractivity contribution in [3.8, 4) is 17.2 Å². The highest BCUT2D eigenvalue weighted by Gasteiger charge is 2.63. The maximum Gasteiger partial charge on any atom is 0.277 e. The zero-order valence-electron chi connectivity index (χ0n) is 19.8. The number of anilines is 1. The van der Waals surface area contributed by atoms with Crippen LogP contribution in [0.5, 0.6) is 17.2 Å². The fraction of sp³-hybridized carbons (Fsp3) is 0.179. The molecule has 8 nitrogen and oxygen atoms in total. The average molecular weight is 485 g/mol. The van der Waals surface area contributed by atoms with Gasteiger partial charge < -0.3 is 24.4 Å². The first-order valence-electron chi connectivity index (χ1n) is 11.3. The number of oxime groups is 1. The summed E-state index contributed by atoms with van der Waals surface area (Å²) in [4.78, 5) is 33.5. The number of nitrogens with one attached hydrogen (secondary N) is 1. The first-order valence-corrected chi connectivity index (χ1v) is 11.3. The molecule has 0 bridgehead atoms. The van der Waals surface area contributed by atoms with Gasteiger partial charge >= 0.3 is 0 Å². The van der Waals surface area contributed by atoms with Gasteiger partial charge in [0.15, 0.2) is 5.78 Å². The molecule has 2 aliphatic heterocycles. The van der Waals surface area contributed by atoms with Crippen molar-refractivity contribution in [2.45, 2.75) is 5.60 Å². The van der Waals surface area contributed by atoms with Crippen LogP contribution in [0.25, 0.3) is 0 Å². The van der Waals surface area contributed by atoms with E-state index in [-0.39, 0.29) is 5.78 Å². The van der Waals surface area contributed by atoms with Crippen molar-refractivity contribution in [3.05, 3.63) is 96.1 Å². The molecule has 36 heavy (non-hydrogen) atoms. The Balaban J connectivity index is 1.64. The quantitative estimate of drug-likeness (QED) is 0.377. The number of benzene rings is 3. The average Bonchev–Trinajstić information content (AvgIpc) is 3.45. The van der Waals surface area contributed by atoms with Gasteiger partial charge in [-0.15, -0.1) is 0 Å². The second-order valence-electron chi connectivity index (χ2n) is 8.29. The number of carbonyl (C=O) groups is 2. The minimum atomic E-state index is -1.66. The largest absolute Gasteiger partial charge is 0.497 e. The third-order valence-electron chi connectivity index (χ3n) is 6.33. The SMILES string of the molecule is C=CCOc1ccc(C(=O)[C@H]2C(c3ccc(OC)cc3OC)=NO[C@]23C(=O)Nc2ccccc23)cc1. The monoisotopic (exact) mass is 484 g/mol. The Morgan fingerprint density at radius 2 is 1.83 bits per heavy atom. The topological polar surface area (TPSA) is 95.5 Å².